The summed E-state index contributed by atoms with van der Waals surface area (Å²) in [5, 5.41) is 4.65. The molecule has 1 aliphatic carbocycles. The molecule has 0 saturated heterocycles. The molecule has 1 heterocycles. The smallest absolute Gasteiger partial charge is 0.339 e. The lowest BCUT2D eigenvalue weighted by Crippen LogP contribution is -2.30. The molecular weight excluding hydrogens is 362 g/mol. The zero-order valence-electron chi connectivity index (χ0n) is 15.7. The van der Waals surface area contributed by atoms with Crippen molar-refractivity contribution in [2.75, 3.05) is 20.3 Å². The van der Waals surface area contributed by atoms with Crippen molar-refractivity contribution in [3.05, 3.63) is 51.2 Å². The lowest BCUT2D eigenvalue weighted by atomic mass is 9.88. The van der Waals surface area contributed by atoms with Crippen LogP contribution in [0.25, 0.3) is 0 Å². The first-order valence-electron chi connectivity index (χ1n) is 9.22. The molecule has 0 spiro atoms. The molecule has 5 nitrogen and oxygen atoms in total. The number of benzene rings is 1. The number of nitrogens with one attached hydrogen (secondary N) is 1. The number of methoxy groups -OCH3 is 1. The topological polar surface area (TPSA) is 64.6 Å². The van der Waals surface area contributed by atoms with Crippen molar-refractivity contribution >= 4 is 23.2 Å². The fraction of sp³-hybridized carbons (Fsp3) is 0.429. The maximum Gasteiger partial charge on any atom is 0.339 e. The van der Waals surface area contributed by atoms with Crippen LogP contribution in [0.3, 0.4) is 0 Å². The third kappa shape index (κ3) is 5.10. The van der Waals surface area contributed by atoms with E-state index in [0.717, 1.165) is 36.1 Å². The number of amides is 1. The van der Waals surface area contributed by atoms with E-state index in [2.05, 4.69) is 12.2 Å². The maximum atomic E-state index is 12.3. The Morgan fingerprint density at radius 3 is 2.78 bits per heavy atom. The van der Waals surface area contributed by atoms with E-state index in [1.54, 1.807) is 18.4 Å². The van der Waals surface area contributed by atoms with Gasteiger partial charge in [-0.25, -0.2) is 4.79 Å². The van der Waals surface area contributed by atoms with E-state index in [-0.39, 0.29) is 12.5 Å². The van der Waals surface area contributed by atoms with Crippen molar-refractivity contribution in [3.8, 4) is 5.75 Å². The van der Waals surface area contributed by atoms with Crippen LogP contribution in [-0.2, 0) is 28.8 Å². The Balaban J connectivity index is 1.42. The fourth-order valence-corrected chi connectivity index (χ4v) is 4.48. The number of carbonyl (C=O) groups is 2. The first-order chi connectivity index (χ1) is 13.1. The Morgan fingerprint density at radius 1 is 1.26 bits per heavy atom. The number of hydrogen-bond donors (Lipinski definition) is 1. The standard InChI is InChI=1S/C21H25NO4S/c1-14-3-8-17-18(13-27-19(17)11-14)21(24)26-12-20(23)22-10-9-15-4-6-16(25-2)7-5-15/h4-7,13-14H,3,8-12H2,1-2H3,(H,22,23)/t14-/m1/s1. The second-order valence-corrected chi connectivity index (χ2v) is 7.89. The lowest BCUT2D eigenvalue weighted by molar-refractivity contribution is -0.124. The number of ether oxygens (including phenoxy) is 2. The van der Waals surface area contributed by atoms with E-state index in [4.69, 9.17) is 9.47 Å². The van der Waals surface area contributed by atoms with Crippen molar-refractivity contribution in [2.24, 2.45) is 5.92 Å². The van der Waals surface area contributed by atoms with Crippen molar-refractivity contribution < 1.29 is 19.1 Å². The summed E-state index contributed by atoms with van der Waals surface area (Å²) in [5.41, 5.74) is 2.85. The molecule has 0 bridgehead atoms. The fourth-order valence-electron chi connectivity index (χ4n) is 3.25. The minimum Gasteiger partial charge on any atom is -0.497 e. The van der Waals surface area contributed by atoms with E-state index in [9.17, 15) is 9.59 Å². The summed E-state index contributed by atoms with van der Waals surface area (Å²) in [4.78, 5) is 25.5. The van der Waals surface area contributed by atoms with E-state index in [1.165, 1.54) is 4.88 Å². The van der Waals surface area contributed by atoms with Crippen LogP contribution in [0, 0.1) is 5.92 Å². The van der Waals surface area contributed by atoms with Crippen LogP contribution >= 0.6 is 11.3 Å². The van der Waals surface area contributed by atoms with Gasteiger partial charge in [-0.15, -0.1) is 11.3 Å². The van der Waals surface area contributed by atoms with Crippen molar-refractivity contribution in [3.63, 3.8) is 0 Å². The summed E-state index contributed by atoms with van der Waals surface area (Å²) in [7, 11) is 1.63. The molecule has 1 aliphatic rings. The third-order valence-electron chi connectivity index (χ3n) is 4.85. The van der Waals surface area contributed by atoms with Crippen LogP contribution in [-0.4, -0.2) is 32.1 Å². The predicted octanol–water partition coefficient (Wildman–Crippen LogP) is 3.40. The molecule has 0 unspecified atom stereocenters. The molecule has 27 heavy (non-hydrogen) atoms. The molecule has 2 aromatic rings. The second kappa shape index (κ2) is 9.04. The van der Waals surface area contributed by atoms with Gasteiger partial charge in [0.1, 0.15) is 5.75 Å². The number of esters is 1. The third-order valence-corrected chi connectivity index (χ3v) is 5.90. The number of rotatable bonds is 7. The van der Waals surface area contributed by atoms with Gasteiger partial charge >= 0.3 is 5.97 Å². The highest BCUT2D eigenvalue weighted by molar-refractivity contribution is 7.10. The molecule has 1 N–H and O–H groups in total. The SMILES string of the molecule is COc1ccc(CCNC(=O)COC(=O)c2csc3c2CC[C@@H](C)C3)cc1. The van der Waals surface area contributed by atoms with Crippen molar-refractivity contribution in [1.82, 2.24) is 5.32 Å². The van der Waals surface area contributed by atoms with Gasteiger partial charge in [0, 0.05) is 16.8 Å². The van der Waals surface area contributed by atoms with Crippen molar-refractivity contribution in [1.29, 1.82) is 0 Å². The van der Waals surface area contributed by atoms with Gasteiger partial charge in [0.2, 0.25) is 0 Å². The van der Waals surface area contributed by atoms with E-state index in [1.807, 2.05) is 29.6 Å². The van der Waals surface area contributed by atoms with E-state index >= 15 is 0 Å². The molecular formula is C21H25NO4S. The molecule has 1 atom stereocenters. The lowest BCUT2D eigenvalue weighted by Gasteiger charge is -2.18. The molecule has 0 aliphatic heterocycles. The first-order valence-corrected chi connectivity index (χ1v) is 10.1. The highest BCUT2D eigenvalue weighted by Crippen LogP contribution is 2.33. The molecule has 0 saturated carbocycles. The maximum absolute atomic E-state index is 12.3. The van der Waals surface area contributed by atoms with E-state index in [0.29, 0.717) is 24.4 Å². The second-order valence-electron chi connectivity index (χ2n) is 6.92. The number of fused-ring (bicyclic) bond motifs is 1. The summed E-state index contributed by atoms with van der Waals surface area (Å²) in [6.45, 7) is 2.48. The Hall–Kier alpha value is -2.34. The summed E-state index contributed by atoms with van der Waals surface area (Å²) in [6.07, 6.45) is 3.74. The highest BCUT2D eigenvalue weighted by atomic mass is 32.1. The van der Waals surface area contributed by atoms with Crippen LogP contribution in [0.15, 0.2) is 29.6 Å². The average molecular weight is 388 g/mol. The minimum absolute atomic E-state index is 0.248. The van der Waals surface area contributed by atoms with Gasteiger partial charge in [-0.05, 0) is 54.9 Å². The molecule has 144 valence electrons. The predicted molar refractivity (Wildman–Crippen MR) is 105 cm³/mol. The molecule has 1 aromatic carbocycles. The van der Waals surface area contributed by atoms with Crippen LogP contribution in [0.1, 0.15) is 39.7 Å². The normalized spacial score (nSPS) is 15.7. The first kappa shape index (κ1) is 19.4. The van der Waals surface area contributed by atoms with Gasteiger partial charge in [-0.2, -0.15) is 0 Å². The van der Waals surface area contributed by atoms with Gasteiger partial charge in [-0.3, -0.25) is 4.79 Å². The number of thiophene rings is 1. The summed E-state index contributed by atoms with van der Waals surface area (Å²) >= 11 is 1.62. The van der Waals surface area contributed by atoms with Crippen LogP contribution in [0.2, 0.25) is 0 Å². The molecule has 1 amide bonds. The Labute approximate surface area is 163 Å². The van der Waals surface area contributed by atoms with E-state index < -0.39 is 5.97 Å². The van der Waals surface area contributed by atoms with Crippen LogP contribution in [0.4, 0.5) is 0 Å². The molecule has 0 fully saturated rings. The highest BCUT2D eigenvalue weighted by Gasteiger charge is 2.24. The largest absolute Gasteiger partial charge is 0.497 e. The molecule has 0 radical (unpaired) electrons. The Morgan fingerprint density at radius 2 is 2.04 bits per heavy atom. The van der Waals surface area contributed by atoms with Gasteiger partial charge < -0.3 is 14.8 Å². The van der Waals surface area contributed by atoms with Gasteiger partial charge in [0.25, 0.3) is 5.91 Å². The van der Waals surface area contributed by atoms with Gasteiger partial charge in [0.15, 0.2) is 6.61 Å². The van der Waals surface area contributed by atoms with Gasteiger partial charge in [-0.1, -0.05) is 19.1 Å². The van der Waals surface area contributed by atoms with Crippen LogP contribution < -0.4 is 10.1 Å². The average Bonchev–Trinajstić information content (AvgIpc) is 3.09. The number of carbonyl (C=O) groups excluding carboxylic acids is 2. The quantitative estimate of drug-likeness (QED) is 0.740. The molecule has 3 rings (SSSR count). The van der Waals surface area contributed by atoms with Gasteiger partial charge in [0.05, 0.1) is 12.7 Å². The zero-order valence-corrected chi connectivity index (χ0v) is 16.6. The summed E-state index contributed by atoms with van der Waals surface area (Å²) in [6, 6.07) is 7.71. The summed E-state index contributed by atoms with van der Waals surface area (Å²) < 4.78 is 10.3. The monoisotopic (exact) mass is 387 g/mol. The molecule has 1 aromatic heterocycles. The molecule has 6 heteroatoms. The number of hydrogen-bond acceptors (Lipinski definition) is 5. The summed E-state index contributed by atoms with van der Waals surface area (Å²) in [5.74, 6) is 0.790. The van der Waals surface area contributed by atoms with Crippen molar-refractivity contribution in [2.45, 2.75) is 32.6 Å². The Bertz CT molecular complexity index is 797. The zero-order chi connectivity index (χ0) is 19.2. The van der Waals surface area contributed by atoms with Crippen LogP contribution in [0.5, 0.6) is 5.75 Å². The Kier molecular flexibility index (Phi) is 6.50. The minimum atomic E-state index is -0.396.